The maximum Gasteiger partial charge on any atom is 0.162 e. The number of benzene rings is 19. The zero-order valence-electron chi connectivity index (χ0n) is 76.5. The number of fused-ring (bicyclic) bond motifs is 13. The van der Waals surface area contributed by atoms with Gasteiger partial charge < -0.3 is 18.1 Å². The summed E-state index contributed by atoms with van der Waals surface area (Å²) in [7, 11) is 0. The van der Waals surface area contributed by atoms with Gasteiger partial charge >= 0.3 is 0 Å². The number of furan rings is 1. The Morgan fingerprint density at radius 2 is 0.458 bits per heavy atom. The van der Waals surface area contributed by atoms with Gasteiger partial charge in [-0.25, -0.2) is 29.9 Å². The maximum absolute atomic E-state index is 10.6. The summed E-state index contributed by atoms with van der Waals surface area (Å²) >= 11 is 0. The van der Waals surface area contributed by atoms with Gasteiger partial charge in [0.05, 0.1) is 78.6 Å². The summed E-state index contributed by atoms with van der Waals surface area (Å²) in [5.74, 6) is 1.64. The molecule has 0 aliphatic heterocycles. The number of aromatic nitrogens is 9. The molecule has 0 saturated carbocycles. The summed E-state index contributed by atoms with van der Waals surface area (Å²) in [6.07, 6.45) is 0. The highest BCUT2D eigenvalue weighted by molar-refractivity contribution is 6.22. The first-order valence-corrected chi connectivity index (χ1v) is 47.1. The largest absolute Gasteiger partial charge is 0.454 e. The quantitative estimate of drug-likeness (QED) is 0.0960. The molecule has 0 N–H and O–H groups in total. The van der Waals surface area contributed by atoms with Crippen LogP contribution in [0, 0.1) is 34.0 Å². The lowest BCUT2D eigenvalue weighted by Crippen LogP contribution is -2.04. The Balaban J connectivity index is 0.000000115. The lowest BCUT2D eigenvalue weighted by molar-refractivity contribution is 0.671. The number of hydrogen-bond acceptors (Lipinski definition) is 10. The molecular formula is C129H80N12O. The molecule has 19 aromatic carbocycles. The van der Waals surface area contributed by atoms with Crippen LogP contribution in [0.2, 0.25) is 0 Å². The van der Waals surface area contributed by atoms with Crippen molar-refractivity contribution in [2.45, 2.75) is 0 Å². The number of hydrogen-bond donors (Lipinski definition) is 0. The second-order valence-corrected chi connectivity index (χ2v) is 34.7. The van der Waals surface area contributed by atoms with Crippen molar-refractivity contribution >= 4 is 87.4 Å². The van der Waals surface area contributed by atoms with Crippen molar-refractivity contribution in [3.63, 3.8) is 0 Å². The molecule has 13 heteroatoms. The number of rotatable bonds is 15. The van der Waals surface area contributed by atoms with Gasteiger partial charge in [-0.05, 0) is 118 Å². The second kappa shape index (κ2) is 37.1. The van der Waals surface area contributed by atoms with Gasteiger partial charge in [-0.15, -0.1) is 0 Å². The second-order valence-electron chi connectivity index (χ2n) is 34.7. The third kappa shape index (κ3) is 15.5. The first-order valence-electron chi connectivity index (χ1n) is 47.1. The van der Waals surface area contributed by atoms with Crippen LogP contribution in [-0.2, 0) is 0 Å². The van der Waals surface area contributed by atoms with E-state index in [1.54, 1.807) is 0 Å². The minimum absolute atomic E-state index is 0.433. The third-order valence-corrected chi connectivity index (χ3v) is 26.4. The summed E-state index contributed by atoms with van der Waals surface area (Å²) in [6.45, 7) is 0. The predicted molar refractivity (Wildman–Crippen MR) is 576 cm³/mol. The van der Waals surface area contributed by atoms with E-state index in [9.17, 15) is 15.8 Å². The Bertz CT molecular complexity index is 9190. The summed E-state index contributed by atoms with van der Waals surface area (Å²) in [5.41, 5.74) is 30.2. The molecule has 0 bridgehead atoms. The van der Waals surface area contributed by atoms with Crippen LogP contribution >= 0.6 is 0 Å². The fourth-order valence-corrected chi connectivity index (χ4v) is 19.9. The zero-order chi connectivity index (χ0) is 94.9. The Hall–Kier alpha value is -19.9. The molecule has 142 heavy (non-hydrogen) atoms. The van der Waals surface area contributed by atoms with E-state index in [2.05, 4.69) is 287 Å². The third-order valence-electron chi connectivity index (χ3n) is 26.4. The van der Waals surface area contributed by atoms with E-state index >= 15 is 0 Å². The molecule has 0 radical (unpaired) electrons. The lowest BCUT2D eigenvalue weighted by Gasteiger charge is -2.17. The maximum atomic E-state index is 10.6. The Kier molecular flexibility index (Phi) is 22.2. The van der Waals surface area contributed by atoms with Crippen molar-refractivity contribution < 1.29 is 4.42 Å². The fraction of sp³-hybridized carbons (Fsp3) is 0. The molecular weight excluding hydrogens is 1730 g/mol. The number of para-hydroxylation sites is 6. The van der Waals surface area contributed by atoms with Gasteiger partial charge in [0, 0.05) is 98.8 Å². The van der Waals surface area contributed by atoms with Crippen molar-refractivity contribution in [2.75, 3.05) is 0 Å². The highest BCUT2D eigenvalue weighted by atomic mass is 16.3. The summed E-state index contributed by atoms with van der Waals surface area (Å²) in [6, 6.07) is 172. The molecule has 7 heterocycles. The van der Waals surface area contributed by atoms with E-state index in [0.29, 0.717) is 68.3 Å². The van der Waals surface area contributed by atoms with Crippen LogP contribution in [0.15, 0.2) is 490 Å². The lowest BCUT2D eigenvalue weighted by atomic mass is 9.98. The van der Waals surface area contributed by atoms with E-state index in [-0.39, 0.29) is 0 Å². The standard InChI is InChI=1S/C47H28N4O.2C41H26N4/c48-29-39-43(31-16-6-2-7-17-31)49-47(50-44(39)32-18-8-3-9-19-32)38-28-33(30-14-4-1-5-15-30)24-27-41(38)51-40-22-12-10-20-34(40)36-25-26-37-35-21-11-13-23-42(35)52-46(37)45(36)51;42-27-36-39(29-16-6-2-7-17-29)43-41(44-40(36)30-18-8-3-9-19-30)32-24-31(28-14-4-1-5-15-28)25-33(26-32)45-37-22-12-10-20-34(37)35-21-11-13-23-38(35)45;42-27-35-39(29-16-6-2-7-17-29)43-41(44-40(35)30-18-8-3-9-19-30)34-26-31(28-14-4-1-5-15-28)24-25-38(34)45-36-22-12-10-20-32(36)33-21-11-13-23-37(33)45/h1-28H;2*1-26H. The van der Waals surface area contributed by atoms with Gasteiger partial charge in [-0.2, -0.15) is 15.8 Å². The molecule has 0 aliphatic carbocycles. The number of nitrogens with zero attached hydrogens (tertiary/aromatic N) is 12. The van der Waals surface area contributed by atoms with Crippen molar-refractivity contribution in [2.24, 2.45) is 0 Å². The molecule has 0 saturated heterocycles. The SMILES string of the molecule is N#Cc1c(-c2ccccc2)nc(-c2cc(-c3ccccc3)cc(-n3c4ccccc4c4ccccc43)c2)nc1-c1ccccc1.N#Cc1c(-c2ccccc2)nc(-c2cc(-c3ccccc3)ccc2-n2c3ccccc3c3ccc4c5ccccc5oc4c32)nc1-c1ccccc1.N#Cc1c(-c2ccccc2)nc(-c2cc(-c3ccccc3)ccc2-n2c3ccccc3c3ccccc32)nc1-c1ccccc1. The minimum atomic E-state index is 0.433. The molecule has 7 aromatic heterocycles. The Morgan fingerprint density at radius 1 is 0.190 bits per heavy atom. The first kappa shape index (κ1) is 85.0. The van der Waals surface area contributed by atoms with Crippen molar-refractivity contribution in [3.8, 4) is 170 Å². The van der Waals surface area contributed by atoms with E-state index in [0.717, 1.165) is 166 Å². The molecule has 26 aromatic rings. The van der Waals surface area contributed by atoms with Crippen LogP contribution in [0.4, 0.5) is 0 Å². The predicted octanol–water partition coefficient (Wildman–Crippen LogP) is 32.2. The van der Waals surface area contributed by atoms with E-state index in [1.165, 1.54) is 21.5 Å². The van der Waals surface area contributed by atoms with Crippen molar-refractivity contribution in [1.29, 1.82) is 15.8 Å². The zero-order valence-corrected chi connectivity index (χ0v) is 76.5. The van der Waals surface area contributed by atoms with Crippen LogP contribution in [-0.4, -0.2) is 43.6 Å². The van der Waals surface area contributed by atoms with Crippen LogP contribution in [0.25, 0.3) is 240 Å². The van der Waals surface area contributed by atoms with E-state index in [1.807, 2.05) is 231 Å². The molecule has 13 nitrogen and oxygen atoms in total. The van der Waals surface area contributed by atoms with Crippen LogP contribution in [0.1, 0.15) is 16.7 Å². The van der Waals surface area contributed by atoms with Gasteiger partial charge in [0.15, 0.2) is 23.1 Å². The molecule has 0 aliphatic rings. The van der Waals surface area contributed by atoms with E-state index < -0.39 is 0 Å². The molecule has 0 fully saturated rings. The normalized spacial score (nSPS) is 11.2. The van der Waals surface area contributed by atoms with Crippen LogP contribution in [0.5, 0.6) is 0 Å². The van der Waals surface area contributed by atoms with Gasteiger partial charge in [-0.1, -0.05) is 400 Å². The topological polar surface area (TPSA) is 177 Å². The van der Waals surface area contributed by atoms with Crippen LogP contribution < -0.4 is 0 Å². The van der Waals surface area contributed by atoms with Crippen molar-refractivity contribution in [3.05, 3.63) is 502 Å². The average Bonchev–Trinajstić information content (AvgIpc) is 1.55. The van der Waals surface area contributed by atoms with E-state index in [4.69, 9.17) is 34.3 Å². The highest BCUT2D eigenvalue weighted by Crippen LogP contribution is 2.47. The monoisotopic (exact) mass is 1810 g/mol. The van der Waals surface area contributed by atoms with Gasteiger partial charge in [0.2, 0.25) is 0 Å². The Morgan fingerprint density at radius 3 is 0.810 bits per heavy atom. The van der Waals surface area contributed by atoms with Gasteiger partial charge in [0.25, 0.3) is 0 Å². The average molecular weight is 1810 g/mol. The molecule has 26 rings (SSSR count). The molecule has 0 spiro atoms. The molecule has 0 amide bonds. The summed E-state index contributed by atoms with van der Waals surface area (Å²) in [5, 5.41) is 40.6. The molecule has 662 valence electrons. The van der Waals surface area contributed by atoms with Crippen molar-refractivity contribution in [1.82, 2.24) is 43.6 Å². The first-order chi connectivity index (χ1) is 70.3. The van der Waals surface area contributed by atoms with Crippen LogP contribution in [0.3, 0.4) is 0 Å². The highest BCUT2D eigenvalue weighted by Gasteiger charge is 2.29. The smallest absolute Gasteiger partial charge is 0.162 e. The fourth-order valence-electron chi connectivity index (χ4n) is 19.9. The molecule has 0 atom stereocenters. The number of nitriles is 3. The van der Waals surface area contributed by atoms with Gasteiger partial charge in [0.1, 0.15) is 40.5 Å². The summed E-state index contributed by atoms with van der Waals surface area (Å²) < 4.78 is 13.6. The minimum Gasteiger partial charge on any atom is -0.454 e. The molecule has 0 unspecified atom stereocenters. The summed E-state index contributed by atoms with van der Waals surface area (Å²) in [4.78, 5) is 31.1. The Labute approximate surface area is 818 Å². The van der Waals surface area contributed by atoms with Gasteiger partial charge in [-0.3, -0.25) is 0 Å².